The number of nitrogens with one attached hydrogen (secondary N) is 1. The zero-order chi connectivity index (χ0) is 18.8. The van der Waals surface area contributed by atoms with E-state index in [0.717, 1.165) is 16.8 Å². The largest absolute Gasteiger partial charge is 0.324 e. The Balaban J connectivity index is 1.80. The lowest BCUT2D eigenvalue weighted by atomic mass is 9.74. The Morgan fingerprint density at radius 1 is 1.22 bits per heavy atom. The molecule has 2 aromatic carbocycles. The summed E-state index contributed by atoms with van der Waals surface area (Å²) in [5.41, 5.74) is 1.26. The number of para-hydroxylation sites is 1. The predicted molar refractivity (Wildman–Crippen MR) is 105 cm³/mol. The van der Waals surface area contributed by atoms with Gasteiger partial charge in [0, 0.05) is 32.8 Å². The number of thioether (sulfide) groups is 1. The van der Waals surface area contributed by atoms with E-state index in [2.05, 4.69) is 5.32 Å². The molecule has 0 radical (unpaired) electrons. The Bertz CT molecular complexity index is 953. The van der Waals surface area contributed by atoms with Crippen LogP contribution in [-0.2, 0) is 10.3 Å². The Labute approximate surface area is 165 Å². The summed E-state index contributed by atoms with van der Waals surface area (Å²) in [5, 5.41) is 15.7. The molecule has 1 spiro atoms. The lowest BCUT2D eigenvalue weighted by Gasteiger charge is -2.35. The Morgan fingerprint density at radius 2 is 1.96 bits per heavy atom. The molecule has 3 aliphatic rings. The molecule has 8 heteroatoms. The summed E-state index contributed by atoms with van der Waals surface area (Å²) in [6, 6.07) is 13.5. The molecule has 0 aromatic heterocycles. The summed E-state index contributed by atoms with van der Waals surface area (Å²) in [4.78, 5) is 27.4. The van der Waals surface area contributed by atoms with Gasteiger partial charge in [-0.3, -0.25) is 19.8 Å². The second-order valence-corrected chi connectivity index (χ2v) is 8.54. The zero-order valence-corrected chi connectivity index (χ0v) is 15.7. The summed E-state index contributed by atoms with van der Waals surface area (Å²) in [7, 11) is 0. The second kappa shape index (κ2) is 5.95. The molecule has 0 saturated carbocycles. The average Bonchev–Trinajstić information content (AvgIpc) is 3.29. The summed E-state index contributed by atoms with van der Waals surface area (Å²) in [6.45, 7) is 0. The Kier molecular flexibility index (Phi) is 3.76. The minimum atomic E-state index is -1.07. The van der Waals surface area contributed by atoms with Gasteiger partial charge in [0.05, 0.1) is 12.0 Å². The SMILES string of the molecule is O=C1Nc2ccccc2[C@@]12C(c1ccc(Cl)cc1)C([N+](=O)[O-])C1CSCN12. The number of carbonyl (C=O) groups is 1. The molecule has 6 nitrogen and oxygen atoms in total. The van der Waals surface area contributed by atoms with Crippen molar-refractivity contribution in [3.05, 3.63) is 74.8 Å². The standard InChI is InChI=1S/C19H16ClN3O3S/c20-12-7-5-11(6-8-12)16-17(23(25)26)15-9-27-10-22(15)19(16)13-3-1-2-4-14(13)21-18(19)24/h1-8,15-17H,9-10H2,(H,21,24)/t15?,16?,17?,19-/m1/s1. The van der Waals surface area contributed by atoms with Gasteiger partial charge < -0.3 is 5.32 Å². The Hall–Kier alpha value is -2.09. The van der Waals surface area contributed by atoms with Crippen molar-refractivity contribution in [1.29, 1.82) is 0 Å². The third kappa shape index (κ3) is 2.16. The molecule has 27 heavy (non-hydrogen) atoms. The minimum absolute atomic E-state index is 0.180. The van der Waals surface area contributed by atoms with E-state index >= 15 is 0 Å². The predicted octanol–water partition coefficient (Wildman–Crippen LogP) is 3.31. The van der Waals surface area contributed by atoms with Gasteiger partial charge in [0.1, 0.15) is 5.54 Å². The number of rotatable bonds is 2. The van der Waals surface area contributed by atoms with Crippen molar-refractivity contribution in [2.45, 2.75) is 23.5 Å². The summed E-state index contributed by atoms with van der Waals surface area (Å²) in [5.74, 6) is 0.480. The van der Waals surface area contributed by atoms with E-state index in [-0.39, 0.29) is 16.9 Å². The molecule has 5 rings (SSSR count). The van der Waals surface area contributed by atoms with Gasteiger partial charge in [-0.2, -0.15) is 0 Å². The first-order chi connectivity index (χ1) is 13.0. The minimum Gasteiger partial charge on any atom is -0.324 e. The van der Waals surface area contributed by atoms with Gasteiger partial charge in [0.25, 0.3) is 5.91 Å². The van der Waals surface area contributed by atoms with Gasteiger partial charge in [-0.15, -0.1) is 11.8 Å². The number of fused-ring (bicyclic) bond motifs is 4. The number of hydrogen-bond acceptors (Lipinski definition) is 5. The maximum Gasteiger partial charge on any atom is 0.250 e. The third-order valence-electron chi connectivity index (χ3n) is 5.96. The van der Waals surface area contributed by atoms with Gasteiger partial charge >= 0.3 is 0 Å². The second-order valence-electron chi connectivity index (χ2n) is 7.11. The van der Waals surface area contributed by atoms with E-state index in [0.29, 0.717) is 16.7 Å². The maximum absolute atomic E-state index is 13.4. The van der Waals surface area contributed by atoms with Crippen LogP contribution in [-0.4, -0.2) is 39.4 Å². The van der Waals surface area contributed by atoms with Gasteiger partial charge in [-0.1, -0.05) is 41.9 Å². The number of amides is 1. The number of nitrogens with zero attached hydrogens (tertiary/aromatic N) is 2. The number of carbonyl (C=O) groups excluding carboxylic acids is 1. The molecule has 138 valence electrons. The smallest absolute Gasteiger partial charge is 0.250 e. The zero-order valence-electron chi connectivity index (χ0n) is 14.2. The van der Waals surface area contributed by atoms with Crippen LogP contribution < -0.4 is 5.32 Å². The lowest BCUT2D eigenvalue weighted by Crippen LogP contribution is -2.50. The van der Waals surface area contributed by atoms with Crippen molar-refractivity contribution in [2.24, 2.45) is 0 Å². The van der Waals surface area contributed by atoms with Crippen LogP contribution in [0.3, 0.4) is 0 Å². The van der Waals surface area contributed by atoms with E-state index in [1.54, 1.807) is 23.9 Å². The fourth-order valence-corrected chi connectivity index (χ4v) is 6.42. The van der Waals surface area contributed by atoms with Crippen molar-refractivity contribution in [1.82, 2.24) is 4.90 Å². The monoisotopic (exact) mass is 401 g/mol. The van der Waals surface area contributed by atoms with Crippen LogP contribution in [0.1, 0.15) is 17.0 Å². The van der Waals surface area contributed by atoms with Gasteiger partial charge in [-0.25, -0.2) is 0 Å². The van der Waals surface area contributed by atoms with Crippen LogP contribution in [0, 0.1) is 10.1 Å². The highest BCUT2D eigenvalue weighted by Crippen LogP contribution is 2.59. The molecule has 3 heterocycles. The van der Waals surface area contributed by atoms with E-state index in [4.69, 9.17) is 11.6 Å². The maximum atomic E-state index is 13.4. The topological polar surface area (TPSA) is 75.5 Å². The average molecular weight is 402 g/mol. The van der Waals surface area contributed by atoms with Gasteiger partial charge in [-0.05, 0) is 23.8 Å². The number of hydrogen-bond donors (Lipinski definition) is 1. The van der Waals surface area contributed by atoms with E-state index in [1.165, 1.54) is 0 Å². The first kappa shape index (κ1) is 17.0. The van der Waals surface area contributed by atoms with E-state index in [9.17, 15) is 14.9 Å². The summed E-state index contributed by atoms with van der Waals surface area (Å²) in [6.07, 6.45) is 0. The van der Waals surface area contributed by atoms with Gasteiger partial charge in [0.15, 0.2) is 0 Å². The van der Waals surface area contributed by atoms with Crippen LogP contribution in [0.2, 0.25) is 5.02 Å². The van der Waals surface area contributed by atoms with Crippen LogP contribution >= 0.6 is 23.4 Å². The van der Waals surface area contributed by atoms with Crippen LogP contribution in [0.25, 0.3) is 0 Å². The van der Waals surface area contributed by atoms with Crippen molar-refractivity contribution in [3.63, 3.8) is 0 Å². The molecule has 0 aliphatic carbocycles. The quantitative estimate of drug-likeness (QED) is 0.617. The third-order valence-corrected chi connectivity index (χ3v) is 7.25. The molecule has 1 N–H and O–H groups in total. The first-order valence-corrected chi connectivity index (χ1v) is 10.2. The van der Waals surface area contributed by atoms with Gasteiger partial charge in [0.2, 0.25) is 6.04 Å². The molecule has 2 fully saturated rings. The first-order valence-electron chi connectivity index (χ1n) is 8.69. The molecule has 3 unspecified atom stereocenters. The van der Waals surface area contributed by atoms with E-state index < -0.39 is 17.5 Å². The normalized spacial score (nSPS) is 31.7. The Morgan fingerprint density at radius 3 is 2.70 bits per heavy atom. The molecular weight excluding hydrogens is 386 g/mol. The number of anilines is 1. The highest BCUT2D eigenvalue weighted by molar-refractivity contribution is 7.99. The molecule has 1 amide bonds. The van der Waals surface area contributed by atoms with Crippen LogP contribution in [0.4, 0.5) is 5.69 Å². The molecule has 0 bridgehead atoms. The highest BCUT2D eigenvalue weighted by atomic mass is 35.5. The molecule has 3 aliphatic heterocycles. The number of benzene rings is 2. The molecule has 4 atom stereocenters. The number of nitro groups is 1. The molecular formula is C19H16ClN3O3S. The fourth-order valence-electron chi connectivity index (χ4n) is 4.98. The lowest BCUT2D eigenvalue weighted by molar-refractivity contribution is -0.527. The van der Waals surface area contributed by atoms with Crippen molar-refractivity contribution in [2.75, 3.05) is 16.9 Å². The fraction of sp³-hybridized carbons (Fsp3) is 0.316. The van der Waals surface area contributed by atoms with Crippen molar-refractivity contribution in [3.8, 4) is 0 Å². The van der Waals surface area contributed by atoms with Crippen LogP contribution in [0.5, 0.6) is 0 Å². The summed E-state index contributed by atoms with van der Waals surface area (Å²) < 4.78 is 0. The van der Waals surface area contributed by atoms with Crippen molar-refractivity contribution < 1.29 is 9.72 Å². The molecule has 2 saturated heterocycles. The van der Waals surface area contributed by atoms with E-state index in [1.807, 2.05) is 41.3 Å². The highest BCUT2D eigenvalue weighted by Gasteiger charge is 2.71. The number of halogens is 1. The van der Waals surface area contributed by atoms with Crippen LogP contribution in [0.15, 0.2) is 48.5 Å². The van der Waals surface area contributed by atoms with Crippen molar-refractivity contribution >= 4 is 35.0 Å². The summed E-state index contributed by atoms with van der Waals surface area (Å²) >= 11 is 7.69. The molecule has 2 aromatic rings.